The number of hydrogen-bond donors (Lipinski definition) is 2. The molecule has 0 aliphatic carbocycles. The molecule has 3 nitrogen and oxygen atoms in total. The molecular weight excluding hydrogens is 236 g/mol. The van der Waals surface area contributed by atoms with Crippen LogP contribution in [0.15, 0.2) is 18.2 Å². The van der Waals surface area contributed by atoms with Crippen molar-refractivity contribution >= 4 is 23.2 Å². The maximum absolute atomic E-state index is 11.6. The SMILES string of the molecule is CCC(C)NC(=O)CNc1c(C)cccc1Cl. The van der Waals surface area contributed by atoms with Gasteiger partial charge in [0.05, 0.1) is 17.3 Å². The van der Waals surface area contributed by atoms with E-state index < -0.39 is 0 Å². The zero-order chi connectivity index (χ0) is 12.8. The molecular formula is C13H19ClN2O. The van der Waals surface area contributed by atoms with E-state index in [2.05, 4.69) is 10.6 Å². The second-order valence-electron chi connectivity index (χ2n) is 4.16. The summed E-state index contributed by atoms with van der Waals surface area (Å²) < 4.78 is 0. The summed E-state index contributed by atoms with van der Waals surface area (Å²) in [5, 5.41) is 6.60. The molecule has 0 saturated heterocycles. The standard InChI is InChI=1S/C13H19ClN2O/c1-4-10(3)16-12(17)8-15-13-9(2)6-5-7-11(13)14/h5-7,10,15H,4,8H2,1-3H3,(H,16,17). The van der Waals surface area contributed by atoms with E-state index in [9.17, 15) is 4.79 Å². The molecule has 0 radical (unpaired) electrons. The van der Waals surface area contributed by atoms with Crippen LogP contribution in [0.25, 0.3) is 0 Å². The summed E-state index contributed by atoms with van der Waals surface area (Å²) in [5.74, 6) is -0.0151. The Morgan fingerprint density at radius 1 is 1.47 bits per heavy atom. The highest BCUT2D eigenvalue weighted by Crippen LogP contribution is 2.24. The van der Waals surface area contributed by atoms with Crippen LogP contribution in [0.2, 0.25) is 5.02 Å². The Kier molecular flexibility index (Phi) is 5.29. The lowest BCUT2D eigenvalue weighted by atomic mass is 10.2. The Bertz CT molecular complexity index is 373. The van der Waals surface area contributed by atoms with E-state index >= 15 is 0 Å². The summed E-state index contributed by atoms with van der Waals surface area (Å²) >= 11 is 6.05. The minimum absolute atomic E-state index is 0.0151. The van der Waals surface area contributed by atoms with Crippen molar-refractivity contribution in [1.82, 2.24) is 5.32 Å². The van der Waals surface area contributed by atoms with E-state index in [1.165, 1.54) is 0 Å². The number of rotatable bonds is 5. The van der Waals surface area contributed by atoms with Crippen molar-refractivity contribution in [2.75, 3.05) is 11.9 Å². The first-order valence-corrected chi connectivity index (χ1v) is 6.20. The Morgan fingerprint density at radius 2 is 2.18 bits per heavy atom. The van der Waals surface area contributed by atoms with Crippen LogP contribution in [0.4, 0.5) is 5.69 Å². The Balaban J connectivity index is 2.53. The van der Waals surface area contributed by atoms with Crippen LogP contribution in [0.1, 0.15) is 25.8 Å². The van der Waals surface area contributed by atoms with E-state index in [-0.39, 0.29) is 18.5 Å². The van der Waals surface area contributed by atoms with E-state index in [1.54, 1.807) is 0 Å². The largest absolute Gasteiger partial charge is 0.375 e. The molecule has 1 amide bonds. The summed E-state index contributed by atoms with van der Waals surface area (Å²) in [6.45, 7) is 6.23. The highest BCUT2D eigenvalue weighted by molar-refractivity contribution is 6.33. The molecule has 1 rings (SSSR count). The quantitative estimate of drug-likeness (QED) is 0.848. The summed E-state index contributed by atoms with van der Waals surface area (Å²) in [6, 6.07) is 5.86. The number of nitrogens with one attached hydrogen (secondary N) is 2. The van der Waals surface area contributed by atoms with Gasteiger partial charge in [-0.3, -0.25) is 4.79 Å². The van der Waals surface area contributed by atoms with Crippen LogP contribution in [-0.2, 0) is 4.79 Å². The number of amides is 1. The first kappa shape index (κ1) is 13.8. The zero-order valence-corrected chi connectivity index (χ0v) is 11.3. The molecule has 1 aromatic carbocycles. The van der Waals surface area contributed by atoms with Gasteiger partial charge in [0, 0.05) is 6.04 Å². The first-order valence-electron chi connectivity index (χ1n) is 5.83. The van der Waals surface area contributed by atoms with E-state index in [4.69, 9.17) is 11.6 Å². The third-order valence-corrected chi connectivity index (χ3v) is 2.98. The molecule has 0 spiro atoms. The molecule has 2 N–H and O–H groups in total. The Morgan fingerprint density at radius 3 is 2.76 bits per heavy atom. The third-order valence-electron chi connectivity index (χ3n) is 2.67. The molecule has 17 heavy (non-hydrogen) atoms. The van der Waals surface area contributed by atoms with E-state index in [0.29, 0.717) is 5.02 Å². The first-order chi connectivity index (χ1) is 8.04. The van der Waals surface area contributed by atoms with Gasteiger partial charge in [0.2, 0.25) is 5.91 Å². The number of carbonyl (C=O) groups is 1. The monoisotopic (exact) mass is 254 g/mol. The summed E-state index contributed by atoms with van der Waals surface area (Å²) in [4.78, 5) is 11.6. The van der Waals surface area contributed by atoms with Gasteiger partial charge in [0.25, 0.3) is 0 Å². The summed E-state index contributed by atoms with van der Waals surface area (Å²) in [6.07, 6.45) is 0.927. The van der Waals surface area contributed by atoms with Gasteiger partial charge in [-0.25, -0.2) is 0 Å². The van der Waals surface area contributed by atoms with Gasteiger partial charge < -0.3 is 10.6 Å². The number of anilines is 1. The topological polar surface area (TPSA) is 41.1 Å². The zero-order valence-electron chi connectivity index (χ0n) is 10.5. The second-order valence-corrected chi connectivity index (χ2v) is 4.57. The summed E-state index contributed by atoms with van der Waals surface area (Å²) in [5.41, 5.74) is 1.86. The fourth-order valence-electron chi connectivity index (χ4n) is 1.45. The van der Waals surface area contributed by atoms with Gasteiger partial charge in [-0.05, 0) is 31.9 Å². The van der Waals surface area contributed by atoms with Gasteiger partial charge >= 0.3 is 0 Å². The molecule has 0 aliphatic rings. The fourth-order valence-corrected chi connectivity index (χ4v) is 1.74. The Labute approximate surface area is 108 Å². The molecule has 0 fully saturated rings. The van der Waals surface area contributed by atoms with E-state index in [1.807, 2.05) is 39.0 Å². The normalized spacial score (nSPS) is 12.0. The summed E-state index contributed by atoms with van der Waals surface area (Å²) in [7, 11) is 0. The van der Waals surface area contributed by atoms with Crippen molar-refractivity contribution in [3.05, 3.63) is 28.8 Å². The number of carbonyl (C=O) groups excluding carboxylic acids is 1. The molecule has 0 bridgehead atoms. The third kappa shape index (κ3) is 4.27. The molecule has 0 heterocycles. The van der Waals surface area contributed by atoms with Crippen molar-refractivity contribution in [3.63, 3.8) is 0 Å². The molecule has 0 aromatic heterocycles. The smallest absolute Gasteiger partial charge is 0.239 e. The number of aryl methyl sites for hydroxylation is 1. The molecule has 1 atom stereocenters. The minimum Gasteiger partial charge on any atom is -0.375 e. The lowest BCUT2D eigenvalue weighted by molar-refractivity contribution is -0.120. The van der Waals surface area contributed by atoms with Crippen LogP contribution in [-0.4, -0.2) is 18.5 Å². The van der Waals surface area contributed by atoms with Gasteiger partial charge in [-0.1, -0.05) is 30.7 Å². The molecule has 0 saturated carbocycles. The van der Waals surface area contributed by atoms with Crippen LogP contribution in [0, 0.1) is 6.92 Å². The molecule has 94 valence electrons. The van der Waals surface area contributed by atoms with Crippen LogP contribution in [0.5, 0.6) is 0 Å². The van der Waals surface area contributed by atoms with Crippen molar-refractivity contribution in [2.45, 2.75) is 33.2 Å². The number of benzene rings is 1. The number of halogens is 1. The maximum atomic E-state index is 11.6. The molecule has 4 heteroatoms. The predicted octanol–water partition coefficient (Wildman–Crippen LogP) is 2.98. The minimum atomic E-state index is -0.0151. The van der Waals surface area contributed by atoms with Gasteiger partial charge in [-0.2, -0.15) is 0 Å². The highest BCUT2D eigenvalue weighted by Gasteiger charge is 2.07. The molecule has 1 aromatic rings. The molecule has 1 unspecified atom stereocenters. The lowest BCUT2D eigenvalue weighted by Crippen LogP contribution is -2.36. The van der Waals surface area contributed by atoms with Crippen LogP contribution in [0.3, 0.4) is 0 Å². The predicted molar refractivity (Wildman–Crippen MR) is 72.6 cm³/mol. The van der Waals surface area contributed by atoms with Gasteiger partial charge in [0.15, 0.2) is 0 Å². The van der Waals surface area contributed by atoms with Gasteiger partial charge in [0.1, 0.15) is 0 Å². The second kappa shape index (κ2) is 6.50. The average molecular weight is 255 g/mol. The highest BCUT2D eigenvalue weighted by atomic mass is 35.5. The lowest BCUT2D eigenvalue weighted by Gasteiger charge is -2.14. The van der Waals surface area contributed by atoms with Crippen molar-refractivity contribution in [2.24, 2.45) is 0 Å². The van der Waals surface area contributed by atoms with E-state index in [0.717, 1.165) is 17.7 Å². The van der Waals surface area contributed by atoms with Crippen molar-refractivity contribution in [3.8, 4) is 0 Å². The van der Waals surface area contributed by atoms with Crippen molar-refractivity contribution in [1.29, 1.82) is 0 Å². The fraction of sp³-hybridized carbons (Fsp3) is 0.462. The maximum Gasteiger partial charge on any atom is 0.239 e. The van der Waals surface area contributed by atoms with Gasteiger partial charge in [-0.15, -0.1) is 0 Å². The number of para-hydroxylation sites is 1. The average Bonchev–Trinajstić information content (AvgIpc) is 2.28. The molecule has 0 aliphatic heterocycles. The Hall–Kier alpha value is -1.22. The number of hydrogen-bond acceptors (Lipinski definition) is 2. The van der Waals surface area contributed by atoms with Crippen LogP contribution < -0.4 is 10.6 Å². The van der Waals surface area contributed by atoms with Crippen molar-refractivity contribution < 1.29 is 4.79 Å². The van der Waals surface area contributed by atoms with Crippen LogP contribution >= 0.6 is 11.6 Å².